The van der Waals surface area contributed by atoms with E-state index in [1.807, 2.05) is 25.1 Å². The summed E-state index contributed by atoms with van der Waals surface area (Å²) in [6, 6.07) is 14.4. The van der Waals surface area contributed by atoms with Crippen LogP contribution in [0.1, 0.15) is 21.5 Å². The number of rotatable bonds is 4. The average molecular weight is 271 g/mol. The summed E-state index contributed by atoms with van der Waals surface area (Å²) in [7, 11) is -1.42. The van der Waals surface area contributed by atoms with E-state index >= 15 is 0 Å². The molecule has 0 aliphatic rings. The highest BCUT2D eigenvalue weighted by atomic mass is 32.2. The second-order valence-corrected chi connectivity index (χ2v) is 5.27. The molecule has 19 heavy (non-hydrogen) atoms. The Morgan fingerprint density at radius 1 is 1.05 bits per heavy atom. The van der Waals surface area contributed by atoms with Gasteiger partial charge in [-0.15, -0.1) is 0 Å². The van der Waals surface area contributed by atoms with E-state index in [1.54, 1.807) is 30.3 Å². The molecular weight excluding hydrogens is 258 g/mol. The smallest absolute Gasteiger partial charge is 0.172 e. The van der Waals surface area contributed by atoms with Gasteiger partial charge < -0.3 is 0 Å². The van der Waals surface area contributed by atoms with E-state index in [0.717, 1.165) is 17.4 Å². The third kappa shape index (κ3) is 3.69. The predicted molar refractivity (Wildman–Crippen MR) is 77.0 cm³/mol. The third-order valence-electron chi connectivity index (χ3n) is 2.57. The summed E-state index contributed by atoms with van der Waals surface area (Å²) < 4.78 is 15.9. The Bertz CT molecular complexity index is 633. The SMILES string of the molecule is Cc1ccc([S@](=O)/N=C/c2cccc(C=O)c2)cc1. The number of carbonyl (C=O) groups excluding carboxylic acids is 1. The average Bonchev–Trinajstić information content (AvgIpc) is 2.46. The van der Waals surface area contributed by atoms with Crippen LogP contribution in [0.3, 0.4) is 0 Å². The van der Waals surface area contributed by atoms with Gasteiger partial charge in [-0.25, -0.2) is 4.21 Å². The molecule has 0 aliphatic carbocycles. The van der Waals surface area contributed by atoms with Gasteiger partial charge in [-0.05, 0) is 30.7 Å². The molecule has 0 heterocycles. The molecule has 0 saturated carbocycles. The molecular formula is C15H13NO2S. The van der Waals surface area contributed by atoms with E-state index in [9.17, 15) is 9.00 Å². The molecule has 2 aromatic rings. The Balaban J connectivity index is 2.15. The van der Waals surface area contributed by atoms with E-state index in [0.29, 0.717) is 10.5 Å². The molecule has 3 nitrogen and oxygen atoms in total. The summed E-state index contributed by atoms with van der Waals surface area (Å²) in [4.78, 5) is 11.3. The first-order valence-corrected chi connectivity index (χ1v) is 6.87. The van der Waals surface area contributed by atoms with Crippen LogP contribution in [0, 0.1) is 6.92 Å². The molecule has 4 heteroatoms. The molecule has 0 unspecified atom stereocenters. The molecule has 0 fully saturated rings. The Labute approximate surface area is 114 Å². The summed E-state index contributed by atoms with van der Waals surface area (Å²) in [5, 5.41) is 0. The standard InChI is InChI=1S/C15H13NO2S/c1-12-5-7-15(8-6-12)19(18)16-10-13-3-2-4-14(9-13)11-17/h2-11H,1H3/b16-10+/t19-/m0/s1. The zero-order valence-electron chi connectivity index (χ0n) is 10.4. The zero-order chi connectivity index (χ0) is 13.7. The van der Waals surface area contributed by atoms with Gasteiger partial charge in [0.2, 0.25) is 0 Å². The molecule has 96 valence electrons. The van der Waals surface area contributed by atoms with E-state index in [1.165, 1.54) is 6.21 Å². The first-order valence-electron chi connectivity index (χ1n) is 5.77. The first-order chi connectivity index (χ1) is 9.19. The van der Waals surface area contributed by atoms with Gasteiger partial charge in [-0.3, -0.25) is 4.79 Å². The van der Waals surface area contributed by atoms with Crippen LogP contribution in [0.2, 0.25) is 0 Å². The summed E-state index contributed by atoms with van der Waals surface area (Å²) in [6.45, 7) is 1.97. The highest BCUT2D eigenvalue weighted by Crippen LogP contribution is 2.09. The largest absolute Gasteiger partial charge is 0.298 e. The predicted octanol–water partition coefficient (Wildman–Crippen LogP) is 2.95. The summed E-state index contributed by atoms with van der Waals surface area (Å²) in [5.41, 5.74) is 2.44. The Morgan fingerprint density at radius 3 is 2.42 bits per heavy atom. The highest BCUT2D eigenvalue weighted by Gasteiger charge is 2.00. The number of hydrogen-bond acceptors (Lipinski definition) is 2. The van der Waals surface area contributed by atoms with Crippen molar-refractivity contribution in [3.05, 3.63) is 65.2 Å². The zero-order valence-corrected chi connectivity index (χ0v) is 11.3. The van der Waals surface area contributed by atoms with Gasteiger partial charge in [-0.2, -0.15) is 4.40 Å². The maximum absolute atomic E-state index is 11.9. The molecule has 0 spiro atoms. The van der Waals surface area contributed by atoms with E-state index in [-0.39, 0.29) is 0 Å². The van der Waals surface area contributed by atoms with Gasteiger partial charge >= 0.3 is 0 Å². The van der Waals surface area contributed by atoms with Gasteiger partial charge in [0.25, 0.3) is 0 Å². The summed E-state index contributed by atoms with van der Waals surface area (Å²) in [5.74, 6) is 0. The maximum Gasteiger partial charge on any atom is 0.172 e. The third-order valence-corrected chi connectivity index (χ3v) is 3.54. The quantitative estimate of drug-likeness (QED) is 0.634. The van der Waals surface area contributed by atoms with Crippen LogP contribution in [-0.2, 0) is 11.0 Å². The molecule has 0 bridgehead atoms. The van der Waals surface area contributed by atoms with Crippen LogP contribution in [0.4, 0.5) is 0 Å². The fraction of sp³-hybridized carbons (Fsp3) is 0.0667. The fourth-order valence-electron chi connectivity index (χ4n) is 1.54. The lowest BCUT2D eigenvalue weighted by molar-refractivity contribution is 0.112. The Morgan fingerprint density at radius 2 is 1.74 bits per heavy atom. The Hall–Kier alpha value is -2.07. The lowest BCUT2D eigenvalue weighted by atomic mass is 10.1. The van der Waals surface area contributed by atoms with Crippen molar-refractivity contribution in [3.63, 3.8) is 0 Å². The van der Waals surface area contributed by atoms with Crippen molar-refractivity contribution < 1.29 is 9.00 Å². The van der Waals surface area contributed by atoms with E-state index < -0.39 is 11.0 Å². The maximum atomic E-state index is 11.9. The molecule has 2 rings (SSSR count). The first kappa shape index (κ1) is 13.4. The minimum atomic E-state index is -1.42. The minimum Gasteiger partial charge on any atom is -0.298 e. The van der Waals surface area contributed by atoms with Crippen molar-refractivity contribution in [3.8, 4) is 0 Å². The molecule has 2 aromatic carbocycles. The van der Waals surface area contributed by atoms with Crippen LogP contribution in [0.5, 0.6) is 0 Å². The number of aryl methyl sites for hydroxylation is 1. The topological polar surface area (TPSA) is 46.5 Å². The number of carbonyl (C=O) groups is 1. The van der Waals surface area contributed by atoms with Crippen molar-refractivity contribution in [1.29, 1.82) is 0 Å². The number of benzene rings is 2. The van der Waals surface area contributed by atoms with Gasteiger partial charge in [0, 0.05) is 11.8 Å². The summed E-state index contributed by atoms with van der Waals surface area (Å²) in [6.07, 6.45) is 2.29. The van der Waals surface area contributed by atoms with Crippen LogP contribution in [0.25, 0.3) is 0 Å². The number of aldehydes is 1. The second kappa shape index (κ2) is 6.20. The van der Waals surface area contributed by atoms with Gasteiger partial charge in [0.05, 0.1) is 4.90 Å². The lowest BCUT2D eigenvalue weighted by Crippen LogP contribution is -1.90. The van der Waals surface area contributed by atoms with Crippen LogP contribution in [-0.4, -0.2) is 16.7 Å². The molecule has 0 saturated heterocycles. The van der Waals surface area contributed by atoms with Gasteiger partial charge in [0.15, 0.2) is 11.0 Å². The fourth-order valence-corrected chi connectivity index (χ4v) is 2.24. The van der Waals surface area contributed by atoms with E-state index in [4.69, 9.17) is 0 Å². The molecule has 0 aliphatic heterocycles. The van der Waals surface area contributed by atoms with Gasteiger partial charge in [0.1, 0.15) is 6.29 Å². The van der Waals surface area contributed by atoms with Crippen molar-refractivity contribution in [1.82, 2.24) is 0 Å². The number of nitrogens with zero attached hydrogens (tertiary/aromatic N) is 1. The molecule has 0 amide bonds. The van der Waals surface area contributed by atoms with Crippen LogP contribution >= 0.6 is 0 Å². The van der Waals surface area contributed by atoms with Crippen LogP contribution < -0.4 is 0 Å². The molecule has 1 atom stereocenters. The minimum absolute atomic E-state index is 0.574. The van der Waals surface area contributed by atoms with Crippen LogP contribution in [0.15, 0.2) is 57.8 Å². The molecule has 0 aromatic heterocycles. The van der Waals surface area contributed by atoms with Crippen molar-refractivity contribution in [2.24, 2.45) is 4.40 Å². The summed E-state index contributed by atoms with van der Waals surface area (Å²) >= 11 is 0. The highest BCUT2D eigenvalue weighted by molar-refractivity contribution is 7.83. The monoisotopic (exact) mass is 271 g/mol. The van der Waals surface area contributed by atoms with Crippen molar-refractivity contribution in [2.75, 3.05) is 0 Å². The molecule has 0 N–H and O–H groups in total. The van der Waals surface area contributed by atoms with Crippen molar-refractivity contribution in [2.45, 2.75) is 11.8 Å². The van der Waals surface area contributed by atoms with Gasteiger partial charge in [-0.1, -0.05) is 35.9 Å². The lowest BCUT2D eigenvalue weighted by Gasteiger charge is -1.97. The Kier molecular flexibility index (Phi) is 4.36. The number of hydrogen-bond donors (Lipinski definition) is 0. The van der Waals surface area contributed by atoms with Crippen molar-refractivity contribution >= 4 is 23.5 Å². The molecule has 0 radical (unpaired) electrons. The second-order valence-electron chi connectivity index (χ2n) is 4.08. The van der Waals surface area contributed by atoms with E-state index in [2.05, 4.69) is 4.40 Å². The normalized spacial score (nSPS) is 12.5.